The molecule has 2 aromatic heterocycles. The van der Waals surface area contributed by atoms with Crippen LogP contribution in [0.4, 0.5) is 0 Å². The minimum absolute atomic E-state index is 0.724. The van der Waals surface area contributed by atoms with Gasteiger partial charge in [-0.05, 0) is 43.7 Å². The minimum atomic E-state index is 0.724. The fraction of sp³-hybridized carbons (Fsp3) is 0.471. The second kappa shape index (κ2) is 6.87. The van der Waals surface area contributed by atoms with E-state index in [1.165, 1.54) is 12.8 Å². The zero-order valence-electron chi connectivity index (χ0n) is 12.6. The highest BCUT2D eigenvalue weighted by Gasteiger charge is 2.20. The molecule has 0 aromatic carbocycles. The van der Waals surface area contributed by atoms with Gasteiger partial charge in [0.2, 0.25) is 0 Å². The number of rotatable bonds is 8. The topological polar surface area (TPSA) is 41.3 Å². The highest BCUT2D eigenvalue weighted by Crippen LogP contribution is 2.19. The molecule has 0 atom stereocenters. The molecule has 2 aromatic rings. The van der Waals surface area contributed by atoms with Gasteiger partial charge < -0.3 is 9.73 Å². The summed E-state index contributed by atoms with van der Waals surface area (Å²) in [5.74, 6) is 1.00. The van der Waals surface area contributed by atoms with Crippen LogP contribution in [-0.4, -0.2) is 22.5 Å². The van der Waals surface area contributed by atoms with Crippen molar-refractivity contribution in [2.45, 2.75) is 45.4 Å². The summed E-state index contributed by atoms with van der Waals surface area (Å²) >= 11 is 0. The maximum atomic E-state index is 5.43. The van der Waals surface area contributed by atoms with Crippen molar-refractivity contribution in [2.75, 3.05) is 6.54 Å². The van der Waals surface area contributed by atoms with E-state index in [0.717, 1.165) is 49.4 Å². The Balaban J connectivity index is 1.57. The third-order valence-electron chi connectivity index (χ3n) is 3.81. The van der Waals surface area contributed by atoms with Crippen LogP contribution in [0.15, 0.2) is 41.0 Å². The fourth-order valence-electron chi connectivity index (χ4n) is 2.38. The molecule has 0 amide bonds. The van der Waals surface area contributed by atoms with E-state index in [-0.39, 0.29) is 0 Å². The highest BCUT2D eigenvalue weighted by molar-refractivity contribution is 5.12. The maximum Gasteiger partial charge on any atom is 0.117 e. The molecule has 1 aliphatic rings. The number of pyridine rings is 1. The first-order valence-electron chi connectivity index (χ1n) is 7.76. The summed E-state index contributed by atoms with van der Waals surface area (Å²) in [4.78, 5) is 7.09. The smallest absolute Gasteiger partial charge is 0.117 e. The van der Waals surface area contributed by atoms with E-state index in [2.05, 4.69) is 35.3 Å². The van der Waals surface area contributed by atoms with E-state index >= 15 is 0 Å². The molecule has 0 bridgehead atoms. The van der Waals surface area contributed by atoms with Crippen molar-refractivity contribution in [3.05, 3.63) is 53.7 Å². The molecular formula is C17H23N3O. The molecule has 3 rings (SSSR count). The van der Waals surface area contributed by atoms with Gasteiger partial charge in [0.15, 0.2) is 0 Å². The number of nitrogens with zero attached hydrogens (tertiary/aromatic N) is 2. The molecule has 0 saturated heterocycles. The number of furan rings is 1. The maximum absolute atomic E-state index is 5.43. The SMILES string of the molecule is CCN(Cc1cccc(CNC2CC2)n1)Cc1ccco1. The normalized spacial score (nSPS) is 14.8. The summed E-state index contributed by atoms with van der Waals surface area (Å²) < 4.78 is 5.43. The summed E-state index contributed by atoms with van der Waals surface area (Å²) in [6, 6.07) is 11.0. The first-order valence-corrected chi connectivity index (χ1v) is 7.76. The Kier molecular flexibility index (Phi) is 4.68. The minimum Gasteiger partial charge on any atom is -0.468 e. The lowest BCUT2D eigenvalue weighted by Crippen LogP contribution is -2.23. The Morgan fingerprint density at radius 3 is 2.76 bits per heavy atom. The van der Waals surface area contributed by atoms with Crippen molar-refractivity contribution in [1.29, 1.82) is 0 Å². The average molecular weight is 285 g/mol. The molecule has 2 heterocycles. The van der Waals surface area contributed by atoms with Crippen molar-refractivity contribution < 1.29 is 4.42 Å². The fourth-order valence-corrected chi connectivity index (χ4v) is 2.38. The van der Waals surface area contributed by atoms with Crippen molar-refractivity contribution in [3.63, 3.8) is 0 Å². The number of hydrogen-bond donors (Lipinski definition) is 1. The molecule has 1 aliphatic carbocycles. The molecule has 1 N–H and O–H groups in total. The van der Waals surface area contributed by atoms with Gasteiger partial charge in [-0.25, -0.2) is 0 Å². The molecule has 1 fully saturated rings. The third-order valence-corrected chi connectivity index (χ3v) is 3.81. The molecule has 0 unspecified atom stereocenters. The van der Waals surface area contributed by atoms with Crippen molar-refractivity contribution in [1.82, 2.24) is 15.2 Å². The lowest BCUT2D eigenvalue weighted by Gasteiger charge is -2.19. The van der Waals surface area contributed by atoms with Gasteiger partial charge in [0.1, 0.15) is 5.76 Å². The largest absolute Gasteiger partial charge is 0.468 e. The lowest BCUT2D eigenvalue weighted by molar-refractivity contribution is 0.245. The quantitative estimate of drug-likeness (QED) is 0.809. The van der Waals surface area contributed by atoms with Crippen LogP contribution in [0, 0.1) is 0 Å². The molecule has 0 aliphatic heterocycles. The van der Waals surface area contributed by atoms with Crippen molar-refractivity contribution >= 4 is 0 Å². The van der Waals surface area contributed by atoms with E-state index in [4.69, 9.17) is 9.40 Å². The molecule has 0 radical (unpaired) electrons. The van der Waals surface area contributed by atoms with Gasteiger partial charge in [0.05, 0.1) is 24.2 Å². The summed E-state index contributed by atoms with van der Waals surface area (Å²) in [5, 5.41) is 3.51. The third kappa shape index (κ3) is 4.41. The van der Waals surface area contributed by atoms with Crippen LogP contribution >= 0.6 is 0 Å². The van der Waals surface area contributed by atoms with Gasteiger partial charge in [0.25, 0.3) is 0 Å². The van der Waals surface area contributed by atoms with Crippen LogP contribution in [0.1, 0.15) is 36.9 Å². The summed E-state index contributed by atoms with van der Waals surface area (Å²) in [5.41, 5.74) is 2.26. The molecule has 0 spiro atoms. The summed E-state index contributed by atoms with van der Waals surface area (Å²) in [6.07, 6.45) is 4.35. The van der Waals surface area contributed by atoms with Gasteiger partial charge >= 0.3 is 0 Å². The Labute approximate surface area is 126 Å². The van der Waals surface area contributed by atoms with Crippen LogP contribution in [0.5, 0.6) is 0 Å². The van der Waals surface area contributed by atoms with Crippen molar-refractivity contribution in [3.8, 4) is 0 Å². The Morgan fingerprint density at radius 2 is 2.05 bits per heavy atom. The standard InChI is InChI=1S/C17H23N3O/c1-2-20(13-17-7-4-10-21-17)12-16-6-3-5-15(19-16)11-18-14-8-9-14/h3-7,10,14,18H,2,8-9,11-13H2,1H3. The van der Waals surface area contributed by atoms with Crippen LogP contribution in [0.3, 0.4) is 0 Å². The predicted molar refractivity (Wildman–Crippen MR) is 82.6 cm³/mol. The highest BCUT2D eigenvalue weighted by atomic mass is 16.3. The number of aromatic nitrogens is 1. The summed E-state index contributed by atoms with van der Waals surface area (Å²) in [7, 11) is 0. The Hall–Kier alpha value is -1.65. The first-order chi connectivity index (χ1) is 10.3. The van der Waals surface area contributed by atoms with E-state index in [1.54, 1.807) is 6.26 Å². The van der Waals surface area contributed by atoms with E-state index in [0.29, 0.717) is 0 Å². The molecule has 4 heteroatoms. The zero-order chi connectivity index (χ0) is 14.5. The molecular weight excluding hydrogens is 262 g/mol. The zero-order valence-corrected chi connectivity index (χ0v) is 12.6. The van der Waals surface area contributed by atoms with Gasteiger partial charge in [-0.2, -0.15) is 0 Å². The van der Waals surface area contributed by atoms with E-state index < -0.39 is 0 Å². The number of hydrogen-bond acceptors (Lipinski definition) is 4. The second-order valence-electron chi connectivity index (χ2n) is 5.66. The van der Waals surface area contributed by atoms with Crippen LogP contribution in [0.25, 0.3) is 0 Å². The first kappa shape index (κ1) is 14.3. The Bertz CT molecular complexity index is 549. The predicted octanol–water partition coefficient (Wildman–Crippen LogP) is 2.95. The number of nitrogens with one attached hydrogen (secondary N) is 1. The lowest BCUT2D eigenvalue weighted by atomic mass is 10.2. The van der Waals surface area contributed by atoms with Crippen LogP contribution in [-0.2, 0) is 19.6 Å². The van der Waals surface area contributed by atoms with E-state index in [9.17, 15) is 0 Å². The monoisotopic (exact) mass is 285 g/mol. The molecule has 1 saturated carbocycles. The van der Waals surface area contributed by atoms with Crippen molar-refractivity contribution in [2.24, 2.45) is 0 Å². The van der Waals surface area contributed by atoms with Gasteiger partial charge in [-0.1, -0.05) is 13.0 Å². The van der Waals surface area contributed by atoms with E-state index in [1.807, 2.05) is 12.1 Å². The van der Waals surface area contributed by atoms with Crippen LogP contribution < -0.4 is 5.32 Å². The molecule has 112 valence electrons. The summed E-state index contributed by atoms with van der Waals surface area (Å²) in [6.45, 7) is 5.71. The average Bonchev–Trinajstić information content (AvgIpc) is 3.20. The Morgan fingerprint density at radius 1 is 1.19 bits per heavy atom. The van der Waals surface area contributed by atoms with Crippen LogP contribution in [0.2, 0.25) is 0 Å². The van der Waals surface area contributed by atoms with Gasteiger partial charge in [0, 0.05) is 19.1 Å². The van der Waals surface area contributed by atoms with Gasteiger partial charge in [-0.3, -0.25) is 9.88 Å². The van der Waals surface area contributed by atoms with Gasteiger partial charge in [-0.15, -0.1) is 0 Å². The second-order valence-corrected chi connectivity index (χ2v) is 5.66. The molecule has 4 nitrogen and oxygen atoms in total. The molecule has 21 heavy (non-hydrogen) atoms.